The van der Waals surface area contributed by atoms with Crippen molar-refractivity contribution in [1.29, 1.82) is 0 Å². The molecule has 10 heteroatoms. The van der Waals surface area contributed by atoms with Gasteiger partial charge in [-0.15, -0.1) is 10.2 Å². The van der Waals surface area contributed by atoms with Gasteiger partial charge in [-0.05, 0) is 76.9 Å². The van der Waals surface area contributed by atoms with Crippen molar-refractivity contribution in [3.63, 3.8) is 0 Å². The number of esters is 1. The van der Waals surface area contributed by atoms with E-state index in [1.165, 1.54) is 6.07 Å². The Balaban J connectivity index is 1.66. The minimum absolute atomic E-state index is 0.0557. The molecule has 2 N–H and O–H groups in total. The topological polar surface area (TPSA) is 87.6 Å². The lowest BCUT2D eigenvalue weighted by Crippen LogP contribution is -2.45. The van der Waals surface area contributed by atoms with Gasteiger partial charge in [-0.2, -0.15) is 13.2 Å². The van der Waals surface area contributed by atoms with Crippen LogP contribution in [0, 0.1) is 6.92 Å². The van der Waals surface area contributed by atoms with Crippen LogP contribution in [0.25, 0.3) is 11.3 Å². The van der Waals surface area contributed by atoms with Gasteiger partial charge in [0.1, 0.15) is 17.2 Å². The zero-order chi connectivity index (χ0) is 24.4. The molecule has 0 aliphatic carbocycles. The summed E-state index contributed by atoms with van der Waals surface area (Å²) in [5.74, 6) is -0.251. The number of benzene rings is 1. The molecule has 1 aromatic heterocycles. The van der Waals surface area contributed by atoms with Crippen molar-refractivity contribution < 1.29 is 27.8 Å². The van der Waals surface area contributed by atoms with Crippen LogP contribution in [-0.2, 0) is 15.7 Å². The highest BCUT2D eigenvalue weighted by Gasteiger charge is 2.31. The Morgan fingerprint density at radius 1 is 1.24 bits per heavy atom. The van der Waals surface area contributed by atoms with Crippen LogP contribution in [0.15, 0.2) is 24.3 Å². The van der Waals surface area contributed by atoms with Gasteiger partial charge in [0, 0.05) is 18.2 Å². The smallest absolute Gasteiger partial charge is 0.416 e. The molecule has 33 heavy (non-hydrogen) atoms. The quantitative estimate of drug-likeness (QED) is 0.632. The number of rotatable bonds is 5. The number of piperidine rings is 1. The van der Waals surface area contributed by atoms with Gasteiger partial charge in [-0.1, -0.05) is 0 Å². The maximum Gasteiger partial charge on any atom is 0.416 e. The number of aromatic nitrogens is 2. The Morgan fingerprint density at radius 2 is 1.97 bits per heavy atom. The third-order valence-corrected chi connectivity index (χ3v) is 5.19. The standard InChI is InChI=1S/C23H29F3N4O3/c1-14-10-19(27-16-6-5-9-30(12-16)13-20(32)33-22(2,3)4)28-29-21(14)17-8-7-15(11-18(17)31)23(24,25)26/h7-8,10-11,16,31H,5-6,9,12-13H2,1-4H3,(H,27,28)/t16-/m1/s1. The molecule has 0 unspecified atom stereocenters. The summed E-state index contributed by atoms with van der Waals surface area (Å²) in [4.78, 5) is 14.2. The number of aromatic hydroxyl groups is 1. The van der Waals surface area contributed by atoms with Crippen molar-refractivity contribution in [1.82, 2.24) is 15.1 Å². The molecule has 3 rings (SSSR count). The zero-order valence-corrected chi connectivity index (χ0v) is 19.2. The third-order valence-electron chi connectivity index (χ3n) is 5.19. The molecule has 0 radical (unpaired) electrons. The highest BCUT2D eigenvalue weighted by Crippen LogP contribution is 2.36. The number of carbonyl (C=O) groups is 1. The molecule has 2 heterocycles. The van der Waals surface area contributed by atoms with Crippen molar-refractivity contribution in [3.8, 4) is 17.0 Å². The van der Waals surface area contributed by atoms with Crippen LogP contribution < -0.4 is 5.32 Å². The van der Waals surface area contributed by atoms with Crippen molar-refractivity contribution in [2.24, 2.45) is 0 Å². The fourth-order valence-corrected chi connectivity index (χ4v) is 3.81. The number of ether oxygens (including phenoxy) is 1. The largest absolute Gasteiger partial charge is 0.507 e. The first-order valence-corrected chi connectivity index (χ1v) is 10.8. The number of aryl methyl sites for hydroxylation is 1. The summed E-state index contributed by atoms with van der Waals surface area (Å²) in [6, 6.07) is 4.58. The van der Waals surface area contributed by atoms with Crippen molar-refractivity contribution in [3.05, 3.63) is 35.4 Å². The normalized spacial score (nSPS) is 17.6. The summed E-state index contributed by atoms with van der Waals surface area (Å²) in [7, 11) is 0. The second kappa shape index (κ2) is 9.54. The van der Waals surface area contributed by atoms with Gasteiger partial charge in [0.15, 0.2) is 0 Å². The number of hydrogen-bond donors (Lipinski definition) is 2. The molecule has 0 saturated carbocycles. The summed E-state index contributed by atoms with van der Waals surface area (Å²) in [6.07, 6.45) is -2.74. The molecule has 180 valence electrons. The predicted octanol–water partition coefficient (Wildman–Crippen LogP) is 4.39. The monoisotopic (exact) mass is 466 g/mol. The van der Waals surface area contributed by atoms with E-state index < -0.39 is 23.1 Å². The number of hydrogen-bond acceptors (Lipinski definition) is 7. The van der Waals surface area contributed by atoms with E-state index in [0.29, 0.717) is 29.7 Å². The predicted molar refractivity (Wildman–Crippen MR) is 118 cm³/mol. The Kier molecular flexibility index (Phi) is 7.16. The first kappa shape index (κ1) is 24.8. The number of anilines is 1. The number of alkyl halides is 3. The van der Waals surface area contributed by atoms with Crippen LogP contribution in [0.2, 0.25) is 0 Å². The molecule has 1 fully saturated rings. The minimum atomic E-state index is -4.54. The molecule has 7 nitrogen and oxygen atoms in total. The average Bonchev–Trinajstić information content (AvgIpc) is 2.66. The Morgan fingerprint density at radius 3 is 2.58 bits per heavy atom. The molecule has 0 bridgehead atoms. The van der Waals surface area contributed by atoms with Gasteiger partial charge in [0.2, 0.25) is 0 Å². The van der Waals surface area contributed by atoms with E-state index in [4.69, 9.17) is 4.74 Å². The molecule has 1 aliphatic rings. The Labute approximate surface area is 191 Å². The van der Waals surface area contributed by atoms with E-state index in [1.807, 2.05) is 25.7 Å². The third kappa shape index (κ3) is 6.80. The van der Waals surface area contributed by atoms with Crippen LogP contribution in [0.4, 0.5) is 19.0 Å². The molecule has 0 amide bonds. The SMILES string of the molecule is Cc1cc(N[C@@H]2CCCN(CC(=O)OC(C)(C)C)C2)nnc1-c1ccc(C(F)(F)F)cc1O. The van der Waals surface area contributed by atoms with Gasteiger partial charge < -0.3 is 15.2 Å². The van der Waals surface area contributed by atoms with Crippen LogP contribution in [0.1, 0.15) is 44.7 Å². The van der Waals surface area contributed by atoms with E-state index in [2.05, 4.69) is 15.5 Å². The lowest BCUT2D eigenvalue weighted by Gasteiger charge is -2.33. The number of nitrogens with one attached hydrogen (secondary N) is 1. The second-order valence-electron chi connectivity index (χ2n) is 9.30. The van der Waals surface area contributed by atoms with E-state index in [9.17, 15) is 23.1 Å². The summed E-state index contributed by atoms with van der Waals surface area (Å²) in [5.41, 5.74) is -0.312. The summed E-state index contributed by atoms with van der Waals surface area (Å²) in [5, 5.41) is 21.7. The maximum atomic E-state index is 12.9. The zero-order valence-electron chi connectivity index (χ0n) is 19.2. The van der Waals surface area contributed by atoms with E-state index in [0.717, 1.165) is 25.5 Å². The Bertz CT molecular complexity index is 1010. The number of phenolic OH excluding ortho intramolecular Hbond substituents is 1. The number of carbonyl (C=O) groups excluding carboxylic acids is 1. The molecular formula is C23H29F3N4O3. The number of halogens is 3. The van der Waals surface area contributed by atoms with Crippen LogP contribution in [0.5, 0.6) is 5.75 Å². The summed E-state index contributed by atoms with van der Waals surface area (Å²) >= 11 is 0. The fraction of sp³-hybridized carbons (Fsp3) is 0.522. The maximum absolute atomic E-state index is 12.9. The van der Waals surface area contributed by atoms with E-state index in [1.54, 1.807) is 13.0 Å². The second-order valence-corrected chi connectivity index (χ2v) is 9.30. The highest BCUT2D eigenvalue weighted by atomic mass is 19.4. The van der Waals surface area contributed by atoms with Gasteiger partial charge in [0.25, 0.3) is 0 Å². The number of phenols is 1. The lowest BCUT2D eigenvalue weighted by molar-refractivity contribution is -0.156. The minimum Gasteiger partial charge on any atom is -0.507 e. The van der Waals surface area contributed by atoms with E-state index >= 15 is 0 Å². The Hall–Kier alpha value is -2.88. The molecule has 1 atom stereocenters. The molecule has 1 aromatic carbocycles. The number of nitrogens with zero attached hydrogens (tertiary/aromatic N) is 3. The van der Waals surface area contributed by atoms with Crippen LogP contribution in [-0.4, -0.2) is 57.5 Å². The highest BCUT2D eigenvalue weighted by molar-refractivity contribution is 5.72. The molecule has 1 aliphatic heterocycles. The molecular weight excluding hydrogens is 437 g/mol. The summed E-state index contributed by atoms with van der Waals surface area (Å²) in [6.45, 7) is 8.91. The van der Waals surface area contributed by atoms with Crippen molar-refractivity contribution in [2.45, 2.75) is 58.4 Å². The van der Waals surface area contributed by atoms with Crippen LogP contribution >= 0.6 is 0 Å². The van der Waals surface area contributed by atoms with Crippen LogP contribution in [0.3, 0.4) is 0 Å². The van der Waals surface area contributed by atoms with Crippen molar-refractivity contribution in [2.75, 3.05) is 25.0 Å². The van der Waals surface area contributed by atoms with Gasteiger partial charge in [-0.25, -0.2) is 0 Å². The molecule has 2 aromatic rings. The van der Waals surface area contributed by atoms with Gasteiger partial charge in [-0.3, -0.25) is 9.69 Å². The number of likely N-dealkylation sites (tertiary alicyclic amines) is 1. The fourth-order valence-electron chi connectivity index (χ4n) is 3.81. The summed E-state index contributed by atoms with van der Waals surface area (Å²) < 4.78 is 43.9. The molecule has 0 spiro atoms. The first-order valence-electron chi connectivity index (χ1n) is 10.8. The first-order chi connectivity index (χ1) is 15.3. The lowest BCUT2D eigenvalue weighted by atomic mass is 10.0. The molecule has 1 saturated heterocycles. The van der Waals surface area contributed by atoms with Crippen molar-refractivity contribution >= 4 is 11.8 Å². The van der Waals surface area contributed by atoms with Gasteiger partial charge in [0.05, 0.1) is 17.8 Å². The average molecular weight is 467 g/mol. The van der Waals surface area contributed by atoms with E-state index in [-0.39, 0.29) is 24.1 Å². The van der Waals surface area contributed by atoms with Gasteiger partial charge >= 0.3 is 12.1 Å².